The minimum absolute atomic E-state index is 0.0922. The van der Waals surface area contributed by atoms with Gasteiger partial charge in [0.1, 0.15) is 0 Å². The summed E-state index contributed by atoms with van der Waals surface area (Å²) in [5.74, 6) is 0. The van der Waals surface area contributed by atoms with Gasteiger partial charge in [-0.2, -0.15) is 0 Å². The van der Waals surface area contributed by atoms with Crippen molar-refractivity contribution in [3.8, 4) is 0 Å². The van der Waals surface area contributed by atoms with Gasteiger partial charge in [0.15, 0.2) is 0 Å². The van der Waals surface area contributed by atoms with E-state index in [4.69, 9.17) is 24.8 Å². The highest BCUT2D eigenvalue weighted by Crippen LogP contribution is 1.87. The van der Waals surface area contributed by atoms with Gasteiger partial charge in [-0.15, -0.1) is 0 Å². The Bertz CT molecular complexity index is 99.1. The first-order valence-electron chi connectivity index (χ1n) is 6.31. The Hall–Kier alpha value is -0.200. The van der Waals surface area contributed by atoms with Gasteiger partial charge in [0.2, 0.25) is 0 Å². The molecule has 0 saturated heterocycles. The summed E-state index contributed by atoms with van der Waals surface area (Å²) in [4.78, 5) is 0. The van der Waals surface area contributed by atoms with Crippen LogP contribution in [0.2, 0.25) is 0 Å². The van der Waals surface area contributed by atoms with E-state index in [1.807, 2.05) is 0 Å². The summed E-state index contributed by atoms with van der Waals surface area (Å²) in [7, 11) is 0. The van der Waals surface area contributed by atoms with E-state index in [0.717, 1.165) is 32.3 Å². The Morgan fingerprint density at radius 2 is 1.18 bits per heavy atom. The van der Waals surface area contributed by atoms with Crippen LogP contribution in [0.15, 0.2) is 0 Å². The average Bonchev–Trinajstić information content (AvgIpc) is 2.36. The quantitative estimate of drug-likeness (QED) is 0.468. The van der Waals surface area contributed by atoms with Crippen molar-refractivity contribution in [3.05, 3.63) is 0 Å². The van der Waals surface area contributed by atoms with Crippen molar-refractivity contribution in [1.29, 1.82) is 0 Å². The minimum atomic E-state index is 0.0922. The lowest BCUT2D eigenvalue weighted by Gasteiger charge is -2.02. The Morgan fingerprint density at radius 3 is 1.59 bits per heavy atom. The van der Waals surface area contributed by atoms with Gasteiger partial charge in [0.25, 0.3) is 0 Å². The number of hydrogen-bond acceptors (Lipinski definition) is 5. The monoisotopic (exact) mass is 252 g/mol. The third kappa shape index (κ3) is 25.8. The summed E-state index contributed by atoms with van der Waals surface area (Å²) >= 11 is 0. The van der Waals surface area contributed by atoms with Gasteiger partial charge >= 0.3 is 0 Å². The van der Waals surface area contributed by atoms with E-state index in [9.17, 15) is 0 Å². The molecule has 0 aliphatic rings. The second kappa shape index (κ2) is 21.1. The highest BCUT2D eigenvalue weighted by Gasteiger charge is 1.87. The van der Waals surface area contributed by atoms with Crippen LogP contribution in [0.25, 0.3) is 0 Å². The Balaban J connectivity index is 0. The number of aliphatic hydroxyl groups is 3. The summed E-state index contributed by atoms with van der Waals surface area (Å²) in [5.41, 5.74) is 0. The van der Waals surface area contributed by atoms with E-state index in [1.54, 1.807) is 0 Å². The van der Waals surface area contributed by atoms with E-state index in [2.05, 4.69) is 6.92 Å². The molecular weight excluding hydrogens is 224 g/mol. The molecule has 0 heterocycles. The first-order valence-corrected chi connectivity index (χ1v) is 6.31. The summed E-state index contributed by atoms with van der Waals surface area (Å²) in [6, 6.07) is 0. The molecule has 0 unspecified atom stereocenters. The lowest BCUT2D eigenvalue weighted by molar-refractivity contribution is 0.0324. The maximum absolute atomic E-state index is 8.34. The Kier molecular flexibility index (Phi) is 23.8. The van der Waals surface area contributed by atoms with Gasteiger partial charge in [-0.1, -0.05) is 13.3 Å². The molecule has 0 aromatic heterocycles. The van der Waals surface area contributed by atoms with Crippen LogP contribution in [0.3, 0.4) is 0 Å². The molecule has 3 N–H and O–H groups in total. The molecule has 0 aliphatic heterocycles. The predicted octanol–water partition coefficient (Wildman–Crippen LogP) is 0.563. The lowest BCUT2D eigenvalue weighted by Crippen LogP contribution is -2.07. The van der Waals surface area contributed by atoms with Gasteiger partial charge in [0.05, 0.1) is 26.4 Å². The van der Waals surface area contributed by atoms with Crippen molar-refractivity contribution < 1.29 is 24.8 Å². The van der Waals surface area contributed by atoms with Gasteiger partial charge in [-0.25, -0.2) is 0 Å². The van der Waals surface area contributed by atoms with E-state index in [0.29, 0.717) is 19.8 Å². The van der Waals surface area contributed by atoms with Gasteiger partial charge in [-0.05, 0) is 19.3 Å². The third-order valence-electron chi connectivity index (χ3n) is 1.82. The molecule has 0 saturated carbocycles. The molecule has 0 bridgehead atoms. The number of hydrogen-bond donors (Lipinski definition) is 3. The standard InChI is InChI=1S/C8H18O3.C4H10O2/c1-2-3-5-10-7-8-11-6-4-9;5-3-1-2-4-6/h9H,2-8H2,1H3;5-6H,1-4H2. The van der Waals surface area contributed by atoms with Gasteiger partial charge < -0.3 is 24.8 Å². The molecule has 17 heavy (non-hydrogen) atoms. The van der Waals surface area contributed by atoms with E-state index >= 15 is 0 Å². The molecule has 0 atom stereocenters. The molecule has 0 fully saturated rings. The van der Waals surface area contributed by atoms with Crippen LogP contribution in [-0.2, 0) is 9.47 Å². The number of unbranched alkanes of at least 4 members (excludes halogenated alkanes) is 2. The zero-order valence-electron chi connectivity index (χ0n) is 10.9. The highest BCUT2D eigenvalue weighted by atomic mass is 16.5. The van der Waals surface area contributed by atoms with Crippen LogP contribution in [0, 0.1) is 0 Å². The second-order valence-corrected chi connectivity index (χ2v) is 3.46. The van der Waals surface area contributed by atoms with E-state index in [1.165, 1.54) is 0 Å². The van der Waals surface area contributed by atoms with Gasteiger partial charge in [0, 0.05) is 19.8 Å². The Morgan fingerprint density at radius 1 is 0.647 bits per heavy atom. The van der Waals surface area contributed by atoms with Crippen LogP contribution < -0.4 is 0 Å². The predicted molar refractivity (Wildman–Crippen MR) is 67.0 cm³/mol. The van der Waals surface area contributed by atoms with Crippen molar-refractivity contribution in [2.24, 2.45) is 0 Å². The van der Waals surface area contributed by atoms with Crippen LogP contribution in [0.1, 0.15) is 32.6 Å². The summed E-state index contributed by atoms with van der Waals surface area (Å²) in [5, 5.41) is 24.5. The molecule has 0 aliphatic carbocycles. The molecular formula is C12H28O5. The average molecular weight is 252 g/mol. The zero-order valence-corrected chi connectivity index (χ0v) is 10.9. The molecule has 0 spiro atoms. The smallest absolute Gasteiger partial charge is 0.0701 e. The maximum atomic E-state index is 8.34. The number of rotatable bonds is 11. The lowest BCUT2D eigenvalue weighted by atomic mass is 10.3. The van der Waals surface area contributed by atoms with Crippen molar-refractivity contribution in [2.75, 3.05) is 46.2 Å². The molecule has 5 heteroatoms. The molecule has 0 aromatic rings. The van der Waals surface area contributed by atoms with Crippen molar-refractivity contribution in [2.45, 2.75) is 32.6 Å². The normalized spacial score (nSPS) is 9.88. The largest absolute Gasteiger partial charge is 0.396 e. The molecule has 106 valence electrons. The van der Waals surface area contributed by atoms with Crippen LogP contribution >= 0.6 is 0 Å². The van der Waals surface area contributed by atoms with Crippen molar-refractivity contribution in [3.63, 3.8) is 0 Å². The van der Waals surface area contributed by atoms with Crippen molar-refractivity contribution in [1.82, 2.24) is 0 Å². The number of ether oxygens (including phenoxy) is 2. The van der Waals surface area contributed by atoms with Crippen LogP contribution in [0.5, 0.6) is 0 Å². The first-order chi connectivity index (χ1) is 8.33. The minimum Gasteiger partial charge on any atom is -0.396 e. The zero-order chi connectivity index (χ0) is 13.2. The summed E-state index contributed by atoms with van der Waals surface area (Å²) < 4.78 is 10.2. The molecule has 5 nitrogen and oxygen atoms in total. The topological polar surface area (TPSA) is 79.2 Å². The molecule has 0 amide bonds. The molecule has 0 radical (unpaired) electrons. The summed E-state index contributed by atoms with van der Waals surface area (Å²) in [6.45, 7) is 5.07. The fraction of sp³-hybridized carbons (Fsp3) is 1.00. The Labute approximate surface area is 104 Å². The fourth-order valence-electron chi connectivity index (χ4n) is 0.857. The number of aliphatic hydroxyl groups excluding tert-OH is 3. The van der Waals surface area contributed by atoms with Crippen LogP contribution in [0.4, 0.5) is 0 Å². The molecule has 0 aromatic carbocycles. The van der Waals surface area contributed by atoms with Crippen LogP contribution in [-0.4, -0.2) is 61.6 Å². The highest BCUT2D eigenvalue weighted by molar-refractivity contribution is 4.33. The van der Waals surface area contributed by atoms with Gasteiger partial charge in [-0.3, -0.25) is 0 Å². The third-order valence-corrected chi connectivity index (χ3v) is 1.82. The molecule has 0 rings (SSSR count). The van der Waals surface area contributed by atoms with Crippen molar-refractivity contribution >= 4 is 0 Å². The van der Waals surface area contributed by atoms with E-state index in [-0.39, 0.29) is 19.8 Å². The summed E-state index contributed by atoms with van der Waals surface area (Å²) in [6.07, 6.45) is 3.71. The maximum Gasteiger partial charge on any atom is 0.0701 e. The second-order valence-electron chi connectivity index (χ2n) is 3.46. The SMILES string of the molecule is CCCCOCCOCCO.OCCCCO. The van der Waals surface area contributed by atoms with E-state index < -0.39 is 0 Å². The first kappa shape index (κ1) is 19.1. The fourth-order valence-corrected chi connectivity index (χ4v) is 0.857.